The monoisotopic (exact) mass is 397 g/mol. The number of carbonyl (C=O) groups is 1. The second-order valence-electron chi connectivity index (χ2n) is 5.97. The van der Waals surface area contributed by atoms with Crippen LogP contribution in [0.15, 0.2) is 79.1 Å². The summed E-state index contributed by atoms with van der Waals surface area (Å²) in [6.45, 7) is -0.355. The van der Waals surface area contributed by atoms with Crippen LogP contribution >= 0.6 is 0 Å². The number of carbonyl (C=O) groups excluding carboxylic acids is 1. The Balaban J connectivity index is 1.73. The van der Waals surface area contributed by atoms with Crippen LogP contribution in [0.3, 0.4) is 0 Å². The molecular formula is C20H19N3O4S. The summed E-state index contributed by atoms with van der Waals surface area (Å²) in [4.78, 5) is 16.2. The van der Waals surface area contributed by atoms with E-state index in [9.17, 15) is 13.2 Å². The summed E-state index contributed by atoms with van der Waals surface area (Å²) < 4.78 is 31.1. The lowest BCUT2D eigenvalue weighted by molar-refractivity contribution is -0.114. The molecule has 3 rings (SSSR count). The number of pyridine rings is 1. The Hall–Kier alpha value is -3.39. The average Bonchev–Trinajstić information content (AvgIpc) is 2.68. The third kappa shape index (κ3) is 5.31. The molecule has 0 aliphatic rings. The van der Waals surface area contributed by atoms with Crippen molar-refractivity contribution in [3.05, 3.63) is 79.1 Å². The van der Waals surface area contributed by atoms with E-state index in [1.54, 1.807) is 42.6 Å². The number of benzene rings is 2. The minimum atomic E-state index is -3.66. The number of sulfonamides is 1. The van der Waals surface area contributed by atoms with Gasteiger partial charge in [0.15, 0.2) is 0 Å². The molecule has 0 unspecified atom stereocenters. The fraction of sp³-hybridized carbons (Fsp3) is 0.100. The molecule has 1 heterocycles. The van der Waals surface area contributed by atoms with Gasteiger partial charge < -0.3 is 10.1 Å². The highest BCUT2D eigenvalue weighted by Crippen LogP contribution is 2.25. The van der Waals surface area contributed by atoms with Crippen molar-refractivity contribution in [1.82, 2.24) is 4.98 Å². The SMILES string of the molecule is CS(=O)(=O)N(CC(=O)Nc1cccnc1)c1ccc(Oc2ccccc2)cc1. The van der Waals surface area contributed by atoms with Gasteiger partial charge >= 0.3 is 0 Å². The predicted octanol–water partition coefficient (Wildman–Crippen LogP) is 3.28. The first-order valence-electron chi connectivity index (χ1n) is 8.42. The molecule has 0 aliphatic heterocycles. The van der Waals surface area contributed by atoms with Crippen LogP contribution in [0.5, 0.6) is 11.5 Å². The number of para-hydroxylation sites is 1. The number of ether oxygens (including phenoxy) is 1. The summed E-state index contributed by atoms with van der Waals surface area (Å²) in [6.07, 6.45) is 4.12. The Morgan fingerprint density at radius 3 is 2.29 bits per heavy atom. The summed E-state index contributed by atoms with van der Waals surface area (Å²) >= 11 is 0. The first-order valence-corrected chi connectivity index (χ1v) is 10.3. The lowest BCUT2D eigenvalue weighted by atomic mass is 10.3. The van der Waals surface area contributed by atoms with Crippen molar-refractivity contribution < 1.29 is 17.9 Å². The molecule has 0 fully saturated rings. The molecule has 3 aromatic rings. The highest BCUT2D eigenvalue weighted by atomic mass is 32.2. The van der Waals surface area contributed by atoms with Crippen molar-refractivity contribution in [2.45, 2.75) is 0 Å². The second-order valence-corrected chi connectivity index (χ2v) is 7.88. The largest absolute Gasteiger partial charge is 0.457 e. The minimum absolute atomic E-state index is 0.355. The minimum Gasteiger partial charge on any atom is -0.457 e. The van der Waals surface area contributed by atoms with E-state index in [1.165, 1.54) is 6.20 Å². The Kier molecular flexibility index (Phi) is 5.90. The first-order chi connectivity index (χ1) is 13.4. The van der Waals surface area contributed by atoms with E-state index in [-0.39, 0.29) is 6.54 Å². The van der Waals surface area contributed by atoms with Gasteiger partial charge in [-0.2, -0.15) is 0 Å². The molecule has 1 N–H and O–H groups in total. The predicted molar refractivity (Wildman–Crippen MR) is 108 cm³/mol. The van der Waals surface area contributed by atoms with Crippen LogP contribution in [-0.2, 0) is 14.8 Å². The number of anilines is 2. The lowest BCUT2D eigenvalue weighted by Crippen LogP contribution is -2.37. The third-order valence-electron chi connectivity index (χ3n) is 3.74. The molecule has 0 spiro atoms. The molecule has 0 aliphatic carbocycles. The molecule has 28 heavy (non-hydrogen) atoms. The van der Waals surface area contributed by atoms with Gasteiger partial charge in [-0.25, -0.2) is 8.42 Å². The van der Waals surface area contributed by atoms with Crippen LogP contribution in [0.25, 0.3) is 0 Å². The molecule has 2 aromatic carbocycles. The maximum absolute atomic E-state index is 12.3. The number of hydrogen-bond donors (Lipinski definition) is 1. The van der Waals surface area contributed by atoms with Crippen LogP contribution in [0.4, 0.5) is 11.4 Å². The topological polar surface area (TPSA) is 88.6 Å². The number of aromatic nitrogens is 1. The highest BCUT2D eigenvalue weighted by molar-refractivity contribution is 7.92. The normalized spacial score (nSPS) is 10.9. The van der Waals surface area contributed by atoms with Crippen LogP contribution in [0.2, 0.25) is 0 Å². The summed E-state index contributed by atoms with van der Waals surface area (Å²) in [7, 11) is -3.66. The van der Waals surface area contributed by atoms with Gasteiger partial charge in [0.2, 0.25) is 15.9 Å². The maximum Gasteiger partial charge on any atom is 0.245 e. The van der Waals surface area contributed by atoms with E-state index in [2.05, 4.69) is 10.3 Å². The first kappa shape index (κ1) is 19.4. The number of rotatable bonds is 7. The Morgan fingerprint density at radius 1 is 1.00 bits per heavy atom. The van der Waals surface area contributed by atoms with Crippen LogP contribution < -0.4 is 14.4 Å². The zero-order valence-corrected chi connectivity index (χ0v) is 16.0. The van der Waals surface area contributed by atoms with Gasteiger partial charge in [-0.05, 0) is 48.5 Å². The molecule has 7 nitrogen and oxygen atoms in total. The Morgan fingerprint density at radius 2 is 1.68 bits per heavy atom. The smallest absolute Gasteiger partial charge is 0.245 e. The highest BCUT2D eigenvalue weighted by Gasteiger charge is 2.21. The van der Waals surface area contributed by atoms with E-state index in [0.717, 1.165) is 10.6 Å². The molecule has 8 heteroatoms. The van der Waals surface area contributed by atoms with Gasteiger partial charge in [0.25, 0.3) is 0 Å². The molecule has 144 valence electrons. The molecular weight excluding hydrogens is 378 g/mol. The van der Waals surface area contributed by atoms with E-state index in [1.807, 2.05) is 30.3 Å². The van der Waals surface area contributed by atoms with Gasteiger partial charge in [-0.1, -0.05) is 18.2 Å². The average molecular weight is 397 g/mol. The quantitative estimate of drug-likeness (QED) is 0.661. The number of hydrogen-bond acceptors (Lipinski definition) is 5. The van der Waals surface area contributed by atoms with Gasteiger partial charge in [-0.3, -0.25) is 14.1 Å². The fourth-order valence-electron chi connectivity index (χ4n) is 2.47. The van der Waals surface area contributed by atoms with E-state index < -0.39 is 15.9 Å². The van der Waals surface area contributed by atoms with E-state index in [4.69, 9.17) is 4.74 Å². The Labute approximate surface area is 163 Å². The van der Waals surface area contributed by atoms with E-state index in [0.29, 0.717) is 22.9 Å². The van der Waals surface area contributed by atoms with Gasteiger partial charge in [0.05, 0.1) is 23.8 Å². The fourth-order valence-corrected chi connectivity index (χ4v) is 3.33. The van der Waals surface area contributed by atoms with Gasteiger partial charge in [0.1, 0.15) is 18.0 Å². The van der Waals surface area contributed by atoms with Crippen LogP contribution in [-0.4, -0.2) is 32.1 Å². The zero-order valence-electron chi connectivity index (χ0n) is 15.1. The van der Waals surface area contributed by atoms with Crippen molar-refractivity contribution in [2.75, 3.05) is 22.4 Å². The zero-order chi connectivity index (χ0) is 20.0. The molecule has 0 atom stereocenters. The maximum atomic E-state index is 12.3. The van der Waals surface area contributed by atoms with Gasteiger partial charge in [0, 0.05) is 6.20 Å². The summed E-state index contributed by atoms with van der Waals surface area (Å²) in [5.41, 5.74) is 0.858. The van der Waals surface area contributed by atoms with Crippen molar-refractivity contribution >= 4 is 27.3 Å². The Bertz CT molecular complexity index is 1020. The summed E-state index contributed by atoms with van der Waals surface area (Å²) in [6, 6.07) is 19.1. The number of nitrogens with zero attached hydrogens (tertiary/aromatic N) is 2. The number of amides is 1. The summed E-state index contributed by atoms with van der Waals surface area (Å²) in [5, 5.41) is 2.63. The lowest BCUT2D eigenvalue weighted by Gasteiger charge is -2.22. The second kappa shape index (κ2) is 8.53. The molecule has 0 bridgehead atoms. The number of nitrogens with one attached hydrogen (secondary N) is 1. The van der Waals surface area contributed by atoms with Crippen LogP contribution in [0.1, 0.15) is 0 Å². The van der Waals surface area contributed by atoms with E-state index >= 15 is 0 Å². The summed E-state index contributed by atoms with van der Waals surface area (Å²) in [5.74, 6) is 0.761. The molecule has 1 amide bonds. The van der Waals surface area contributed by atoms with Crippen molar-refractivity contribution in [3.63, 3.8) is 0 Å². The third-order valence-corrected chi connectivity index (χ3v) is 4.88. The van der Waals surface area contributed by atoms with Crippen molar-refractivity contribution in [3.8, 4) is 11.5 Å². The van der Waals surface area contributed by atoms with Crippen molar-refractivity contribution in [1.29, 1.82) is 0 Å². The molecule has 1 aromatic heterocycles. The molecule has 0 radical (unpaired) electrons. The van der Waals surface area contributed by atoms with Crippen LogP contribution in [0, 0.1) is 0 Å². The molecule has 0 saturated heterocycles. The van der Waals surface area contributed by atoms with Crippen molar-refractivity contribution in [2.24, 2.45) is 0 Å². The standard InChI is InChI=1S/C20H19N3O4S/c1-28(25,26)23(15-20(24)22-16-6-5-13-21-14-16)17-9-11-19(12-10-17)27-18-7-3-2-4-8-18/h2-14H,15H2,1H3,(H,22,24). The van der Waals surface area contributed by atoms with Gasteiger partial charge in [-0.15, -0.1) is 0 Å². The molecule has 0 saturated carbocycles.